The molecular formula is C16H23BN2O3. The highest BCUT2D eigenvalue weighted by atomic mass is 16.7. The first-order valence-electron chi connectivity index (χ1n) is 7.67. The molecule has 118 valence electrons. The fourth-order valence-corrected chi connectivity index (χ4v) is 2.90. The molecule has 0 radical (unpaired) electrons. The third-order valence-corrected chi connectivity index (χ3v) is 5.14. The molecule has 1 saturated heterocycles. The Bertz CT molecular complexity index is 627. The van der Waals surface area contributed by atoms with Crippen molar-refractivity contribution in [3.63, 3.8) is 0 Å². The monoisotopic (exact) mass is 302 g/mol. The van der Waals surface area contributed by atoms with Crippen molar-refractivity contribution in [1.82, 2.24) is 0 Å². The third kappa shape index (κ3) is 2.21. The van der Waals surface area contributed by atoms with Crippen LogP contribution in [0.5, 0.6) is 0 Å². The van der Waals surface area contributed by atoms with Crippen LogP contribution in [0.15, 0.2) is 12.1 Å². The van der Waals surface area contributed by atoms with Gasteiger partial charge in [0.2, 0.25) is 5.91 Å². The van der Waals surface area contributed by atoms with Crippen LogP contribution >= 0.6 is 0 Å². The third-order valence-electron chi connectivity index (χ3n) is 5.14. The summed E-state index contributed by atoms with van der Waals surface area (Å²) in [7, 11) is 1.31. The predicted octanol–water partition coefficient (Wildman–Crippen LogP) is 1.48. The number of hydrogen-bond acceptors (Lipinski definition) is 4. The summed E-state index contributed by atoms with van der Waals surface area (Å²) >= 11 is 0. The highest BCUT2D eigenvalue weighted by Gasteiger charge is 2.52. The van der Waals surface area contributed by atoms with Gasteiger partial charge in [-0.3, -0.25) is 4.79 Å². The summed E-state index contributed by atoms with van der Waals surface area (Å²) in [6.07, 6.45) is 1.25. The van der Waals surface area contributed by atoms with Crippen LogP contribution in [0.25, 0.3) is 0 Å². The van der Waals surface area contributed by atoms with Crippen molar-refractivity contribution in [3.8, 4) is 0 Å². The number of fused-ring (bicyclic) bond motifs is 1. The lowest BCUT2D eigenvalue weighted by Gasteiger charge is -2.32. The predicted molar refractivity (Wildman–Crippen MR) is 88.3 cm³/mol. The highest BCUT2D eigenvalue weighted by Crippen LogP contribution is 2.37. The van der Waals surface area contributed by atoms with Gasteiger partial charge in [0.1, 0.15) is 0 Å². The Hall–Kier alpha value is -1.53. The minimum absolute atomic E-state index is 0.121. The summed E-state index contributed by atoms with van der Waals surface area (Å²) in [5.74, 6) is 0.121. The average molecular weight is 302 g/mol. The summed E-state index contributed by atoms with van der Waals surface area (Å²) in [4.78, 5) is 13.5. The van der Waals surface area contributed by atoms with Crippen LogP contribution in [0.1, 0.15) is 39.7 Å². The molecule has 2 N–H and O–H groups in total. The molecule has 0 atom stereocenters. The van der Waals surface area contributed by atoms with Gasteiger partial charge in [0.25, 0.3) is 0 Å². The molecule has 22 heavy (non-hydrogen) atoms. The van der Waals surface area contributed by atoms with Crippen LogP contribution in [0.4, 0.5) is 11.4 Å². The van der Waals surface area contributed by atoms with Gasteiger partial charge >= 0.3 is 7.12 Å². The largest absolute Gasteiger partial charge is 0.496 e. The van der Waals surface area contributed by atoms with E-state index in [2.05, 4.69) is 0 Å². The normalized spacial score (nSPS) is 22.9. The van der Waals surface area contributed by atoms with E-state index >= 15 is 0 Å². The molecule has 1 aromatic carbocycles. The molecule has 2 aliphatic heterocycles. The lowest BCUT2D eigenvalue weighted by molar-refractivity contribution is -0.118. The lowest BCUT2D eigenvalue weighted by atomic mass is 9.76. The van der Waals surface area contributed by atoms with Crippen LogP contribution in [0.3, 0.4) is 0 Å². The van der Waals surface area contributed by atoms with E-state index < -0.39 is 18.3 Å². The summed E-state index contributed by atoms with van der Waals surface area (Å²) in [6, 6.07) is 3.88. The zero-order chi connectivity index (χ0) is 16.3. The van der Waals surface area contributed by atoms with Crippen molar-refractivity contribution in [2.75, 3.05) is 17.7 Å². The van der Waals surface area contributed by atoms with Crippen LogP contribution in [-0.2, 0) is 20.5 Å². The molecule has 2 aliphatic rings. The fourth-order valence-electron chi connectivity index (χ4n) is 2.90. The van der Waals surface area contributed by atoms with Gasteiger partial charge in [-0.1, -0.05) is 6.07 Å². The Morgan fingerprint density at radius 2 is 1.73 bits per heavy atom. The molecule has 0 saturated carbocycles. The number of rotatable bonds is 1. The van der Waals surface area contributed by atoms with Gasteiger partial charge in [-0.05, 0) is 45.7 Å². The molecule has 6 heteroatoms. The van der Waals surface area contributed by atoms with E-state index in [4.69, 9.17) is 15.0 Å². The number of benzene rings is 1. The second-order valence-electron chi connectivity index (χ2n) is 7.15. The number of carbonyl (C=O) groups excluding carboxylic acids is 1. The van der Waals surface area contributed by atoms with Gasteiger partial charge in [-0.15, -0.1) is 0 Å². The van der Waals surface area contributed by atoms with Gasteiger partial charge in [0, 0.05) is 30.3 Å². The number of hydrogen-bond donors (Lipinski definition) is 1. The Morgan fingerprint density at radius 3 is 2.32 bits per heavy atom. The summed E-state index contributed by atoms with van der Waals surface area (Å²) < 4.78 is 12.2. The molecule has 1 amide bonds. The maximum Gasteiger partial charge on any atom is 0.496 e. The maximum absolute atomic E-state index is 11.8. The first kappa shape index (κ1) is 15.4. The minimum Gasteiger partial charge on any atom is -0.399 e. The van der Waals surface area contributed by atoms with Gasteiger partial charge in [-0.2, -0.15) is 0 Å². The molecule has 0 aliphatic carbocycles. The van der Waals surface area contributed by atoms with E-state index in [0.717, 1.165) is 23.1 Å². The standard InChI is InChI=1S/C16H23BN2O3/c1-15(2)16(3,4)22-17(21-15)11-8-10-6-7-14(20)19(5)13(10)9-12(11)18/h8-9H,6-7,18H2,1-5H3. The number of anilines is 2. The average Bonchev–Trinajstić information content (AvgIpc) is 2.63. The lowest BCUT2D eigenvalue weighted by Crippen LogP contribution is -2.41. The summed E-state index contributed by atoms with van der Waals surface area (Å²) in [5.41, 5.74) is 8.86. The van der Waals surface area contributed by atoms with Crippen molar-refractivity contribution in [2.24, 2.45) is 0 Å². The van der Waals surface area contributed by atoms with E-state index in [1.54, 1.807) is 11.9 Å². The second kappa shape index (κ2) is 4.73. The van der Waals surface area contributed by atoms with Crippen molar-refractivity contribution < 1.29 is 14.1 Å². The highest BCUT2D eigenvalue weighted by molar-refractivity contribution is 6.64. The van der Waals surface area contributed by atoms with E-state index in [0.29, 0.717) is 12.1 Å². The molecule has 5 nitrogen and oxygen atoms in total. The number of nitrogens with two attached hydrogens (primary N) is 1. The number of aryl methyl sites for hydroxylation is 1. The zero-order valence-electron chi connectivity index (χ0n) is 13.9. The van der Waals surface area contributed by atoms with E-state index in [9.17, 15) is 4.79 Å². The van der Waals surface area contributed by atoms with E-state index in [-0.39, 0.29) is 5.91 Å². The van der Waals surface area contributed by atoms with Crippen LogP contribution in [-0.4, -0.2) is 31.3 Å². The number of amides is 1. The first-order valence-corrected chi connectivity index (χ1v) is 7.67. The summed E-state index contributed by atoms with van der Waals surface area (Å²) in [6.45, 7) is 8.09. The topological polar surface area (TPSA) is 64.8 Å². The van der Waals surface area contributed by atoms with Crippen molar-refractivity contribution >= 4 is 29.9 Å². The van der Waals surface area contributed by atoms with Crippen LogP contribution in [0.2, 0.25) is 0 Å². The van der Waals surface area contributed by atoms with Crippen molar-refractivity contribution in [1.29, 1.82) is 0 Å². The Balaban J connectivity index is 1.99. The molecule has 1 fully saturated rings. The van der Waals surface area contributed by atoms with Crippen molar-refractivity contribution in [3.05, 3.63) is 17.7 Å². The molecule has 0 bridgehead atoms. The van der Waals surface area contributed by atoms with E-state index in [1.165, 1.54) is 0 Å². The van der Waals surface area contributed by atoms with Gasteiger partial charge < -0.3 is 19.9 Å². The zero-order valence-corrected chi connectivity index (χ0v) is 13.9. The molecule has 0 unspecified atom stereocenters. The number of nitrogens with zero attached hydrogens (tertiary/aromatic N) is 1. The first-order chi connectivity index (χ1) is 10.1. The summed E-state index contributed by atoms with van der Waals surface area (Å²) in [5, 5.41) is 0. The number of carbonyl (C=O) groups is 1. The maximum atomic E-state index is 11.8. The van der Waals surface area contributed by atoms with Crippen LogP contribution < -0.4 is 16.1 Å². The molecular weight excluding hydrogens is 279 g/mol. The Labute approximate surface area is 131 Å². The fraction of sp³-hybridized carbons (Fsp3) is 0.562. The smallest absolute Gasteiger partial charge is 0.399 e. The van der Waals surface area contributed by atoms with Crippen molar-refractivity contribution in [2.45, 2.75) is 51.7 Å². The Morgan fingerprint density at radius 1 is 1.14 bits per heavy atom. The Kier molecular flexibility index (Phi) is 3.31. The number of nitrogen functional groups attached to an aromatic ring is 1. The van der Waals surface area contributed by atoms with Gasteiger partial charge in [0.15, 0.2) is 0 Å². The van der Waals surface area contributed by atoms with Crippen LogP contribution in [0, 0.1) is 0 Å². The molecule has 2 heterocycles. The molecule has 1 aromatic rings. The quantitative estimate of drug-likeness (QED) is 0.630. The van der Waals surface area contributed by atoms with E-state index in [1.807, 2.05) is 39.8 Å². The molecule has 0 aromatic heterocycles. The van der Waals surface area contributed by atoms with Gasteiger partial charge in [-0.25, -0.2) is 0 Å². The van der Waals surface area contributed by atoms with Gasteiger partial charge in [0.05, 0.1) is 11.2 Å². The molecule has 0 spiro atoms. The second-order valence-corrected chi connectivity index (χ2v) is 7.15. The minimum atomic E-state index is -0.474. The molecule has 3 rings (SSSR count). The SMILES string of the molecule is CN1C(=O)CCc2cc(B3OC(C)(C)C(C)(C)O3)c(N)cc21.